The molecule has 1 aliphatic rings. The van der Waals surface area contributed by atoms with Crippen LogP contribution in [0, 0.1) is 5.92 Å². The molecule has 2 nitrogen and oxygen atoms in total. The lowest BCUT2D eigenvalue weighted by atomic mass is 9.88. The molecule has 0 radical (unpaired) electrons. The third-order valence-electron chi connectivity index (χ3n) is 3.26. The zero-order chi connectivity index (χ0) is 11.2. The molecule has 16 heavy (non-hydrogen) atoms. The van der Waals surface area contributed by atoms with Crippen molar-refractivity contribution in [1.29, 1.82) is 0 Å². The molecule has 2 N–H and O–H groups in total. The SMILES string of the molecule is NC(=NCCc1cccs1)C1CCCCC1. The van der Waals surface area contributed by atoms with Crippen molar-refractivity contribution >= 4 is 17.2 Å². The van der Waals surface area contributed by atoms with E-state index >= 15 is 0 Å². The zero-order valence-corrected chi connectivity index (χ0v) is 10.5. The highest BCUT2D eigenvalue weighted by Gasteiger charge is 2.16. The predicted molar refractivity (Wildman–Crippen MR) is 71.1 cm³/mol. The Labute approximate surface area is 102 Å². The third-order valence-corrected chi connectivity index (χ3v) is 4.19. The Morgan fingerprint density at radius 1 is 1.38 bits per heavy atom. The normalized spacial score (nSPS) is 18.9. The van der Waals surface area contributed by atoms with Crippen molar-refractivity contribution in [3.8, 4) is 0 Å². The minimum Gasteiger partial charge on any atom is -0.387 e. The van der Waals surface area contributed by atoms with E-state index in [4.69, 9.17) is 5.73 Å². The molecule has 2 rings (SSSR count). The summed E-state index contributed by atoms with van der Waals surface area (Å²) in [5, 5.41) is 2.11. The summed E-state index contributed by atoms with van der Waals surface area (Å²) in [7, 11) is 0. The van der Waals surface area contributed by atoms with Gasteiger partial charge in [-0.25, -0.2) is 0 Å². The standard InChI is InChI=1S/C13H20N2S/c14-13(11-5-2-1-3-6-11)15-9-8-12-7-4-10-16-12/h4,7,10-11H,1-3,5-6,8-9H2,(H2,14,15). The molecule has 1 aliphatic carbocycles. The van der Waals surface area contributed by atoms with Gasteiger partial charge in [0.05, 0.1) is 5.84 Å². The van der Waals surface area contributed by atoms with Crippen LogP contribution in [-0.4, -0.2) is 12.4 Å². The van der Waals surface area contributed by atoms with Crippen molar-refractivity contribution in [3.05, 3.63) is 22.4 Å². The Bertz CT molecular complexity index is 324. The van der Waals surface area contributed by atoms with E-state index in [2.05, 4.69) is 22.5 Å². The number of hydrogen-bond donors (Lipinski definition) is 1. The molecule has 1 saturated carbocycles. The van der Waals surface area contributed by atoms with Gasteiger partial charge in [-0.1, -0.05) is 25.3 Å². The minimum atomic E-state index is 0.567. The number of thiophene rings is 1. The maximum atomic E-state index is 6.04. The number of amidine groups is 1. The van der Waals surface area contributed by atoms with Crippen molar-refractivity contribution in [2.45, 2.75) is 38.5 Å². The van der Waals surface area contributed by atoms with Crippen LogP contribution in [0.15, 0.2) is 22.5 Å². The largest absolute Gasteiger partial charge is 0.387 e. The predicted octanol–water partition coefficient (Wildman–Crippen LogP) is 3.23. The van der Waals surface area contributed by atoms with Crippen LogP contribution in [0.5, 0.6) is 0 Å². The fraction of sp³-hybridized carbons (Fsp3) is 0.615. The molecule has 0 atom stereocenters. The average molecular weight is 236 g/mol. The fourth-order valence-corrected chi connectivity index (χ4v) is 2.98. The lowest BCUT2D eigenvalue weighted by Crippen LogP contribution is -2.26. The molecular weight excluding hydrogens is 216 g/mol. The molecule has 88 valence electrons. The maximum absolute atomic E-state index is 6.04. The van der Waals surface area contributed by atoms with Crippen LogP contribution in [0.4, 0.5) is 0 Å². The number of aliphatic imine (C=N–C) groups is 1. The molecule has 3 heteroatoms. The molecule has 0 bridgehead atoms. The second kappa shape index (κ2) is 6.04. The lowest BCUT2D eigenvalue weighted by molar-refractivity contribution is 0.436. The van der Waals surface area contributed by atoms with Gasteiger partial charge in [0.2, 0.25) is 0 Å². The van der Waals surface area contributed by atoms with E-state index in [0.29, 0.717) is 5.92 Å². The monoisotopic (exact) mass is 236 g/mol. The molecular formula is C13H20N2S. The van der Waals surface area contributed by atoms with Gasteiger partial charge in [0.15, 0.2) is 0 Å². The van der Waals surface area contributed by atoms with Gasteiger partial charge in [-0.05, 0) is 24.3 Å². The zero-order valence-electron chi connectivity index (χ0n) is 9.69. The molecule has 1 fully saturated rings. The van der Waals surface area contributed by atoms with E-state index in [0.717, 1.165) is 18.8 Å². The molecule has 0 spiro atoms. The summed E-state index contributed by atoms with van der Waals surface area (Å²) in [5.74, 6) is 1.47. The molecule has 0 aromatic carbocycles. The van der Waals surface area contributed by atoms with Gasteiger partial charge < -0.3 is 5.73 Å². The van der Waals surface area contributed by atoms with E-state index in [9.17, 15) is 0 Å². The van der Waals surface area contributed by atoms with Crippen LogP contribution in [0.25, 0.3) is 0 Å². The van der Waals surface area contributed by atoms with E-state index in [1.165, 1.54) is 37.0 Å². The Kier molecular flexibility index (Phi) is 4.40. The number of hydrogen-bond acceptors (Lipinski definition) is 2. The first-order chi connectivity index (χ1) is 7.86. The number of nitrogens with zero attached hydrogens (tertiary/aromatic N) is 1. The smallest absolute Gasteiger partial charge is 0.0968 e. The number of nitrogens with two attached hydrogens (primary N) is 1. The van der Waals surface area contributed by atoms with Crippen LogP contribution in [-0.2, 0) is 6.42 Å². The fourth-order valence-electron chi connectivity index (χ4n) is 2.28. The van der Waals surface area contributed by atoms with Gasteiger partial charge >= 0.3 is 0 Å². The second-order valence-electron chi connectivity index (χ2n) is 4.47. The van der Waals surface area contributed by atoms with Crippen molar-refractivity contribution < 1.29 is 0 Å². The van der Waals surface area contributed by atoms with E-state index < -0.39 is 0 Å². The first-order valence-corrected chi connectivity index (χ1v) is 7.06. The van der Waals surface area contributed by atoms with Crippen molar-refractivity contribution in [1.82, 2.24) is 0 Å². The summed E-state index contributed by atoms with van der Waals surface area (Å²) in [6.45, 7) is 0.850. The molecule has 1 aromatic rings. The Balaban J connectivity index is 1.77. The summed E-state index contributed by atoms with van der Waals surface area (Å²) >= 11 is 1.80. The van der Waals surface area contributed by atoms with Crippen molar-refractivity contribution in [3.63, 3.8) is 0 Å². The van der Waals surface area contributed by atoms with Gasteiger partial charge in [-0.3, -0.25) is 4.99 Å². The van der Waals surface area contributed by atoms with Crippen LogP contribution >= 0.6 is 11.3 Å². The van der Waals surface area contributed by atoms with Gasteiger partial charge in [-0.15, -0.1) is 11.3 Å². The molecule has 0 saturated heterocycles. The highest BCUT2D eigenvalue weighted by molar-refractivity contribution is 7.09. The summed E-state index contributed by atoms with van der Waals surface area (Å²) in [5.41, 5.74) is 6.04. The van der Waals surface area contributed by atoms with Gasteiger partial charge in [-0.2, -0.15) is 0 Å². The third kappa shape index (κ3) is 3.34. The highest BCUT2D eigenvalue weighted by Crippen LogP contribution is 2.23. The molecule has 1 aromatic heterocycles. The average Bonchev–Trinajstić information content (AvgIpc) is 2.83. The Morgan fingerprint density at radius 3 is 2.88 bits per heavy atom. The lowest BCUT2D eigenvalue weighted by Gasteiger charge is -2.20. The minimum absolute atomic E-state index is 0.567. The number of rotatable bonds is 4. The van der Waals surface area contributed by atoms with Crippen LogP contribution in [0.2, 0.25) is 0 Å². The Morgan fingerprint density at radius 2 is 2.19 bits per heavy atom. The van der Waals surface area contributed by atoms with E-state index in [1.807, 2.05) is 0 Å². The topological polar surface area (TPSA) is 38.4 Å². The molecule has 0 amide bonds. The molecule has 0 aliphatic heterocycles. The molecule has 0 unspecified atom stereocenters. The maximum Gasteiger partial charge on any atom is 0.0968 e. The Hall–Kier alpha value is -0.830. The first-order valence-electron chi connectivity index (χ1n) is 6.18. The van der Waals surface area contributed by atoms with E-state index in [-0.39, 0.29) is 0 Å². The van der Waals surface area contributed by atoms with Crippen LogP contribution < -0.4 is 5.73 Å². The first kappa shape index (κ1) is 11.6. The summed E-state index contributed by atoms with van der Waals surface area (Å²) in [6, 6.07) is 4.26. The van der Waals surface area contributed by atoms with Gasteiger partial charge in [0, 0.05) is 23.8 Å². The van der Waals surface area contributed by atoms with Crippen LogP contribution in [0.3, 0.4) is 0 Å². The highest BCUT2D eigenvalue weighted by atomic mass is 32.1. The summed E-state index contributed by atoms with van der Waals surface area (Å²) < 4.78 is 0. The second-order valence-corrected chi connectivity index (χ2v) is 5.50. The summed E-state index contributed by atoms with van der Waals surface area (Å²) in [6.07, 6.45) is 7.55. The van der Waals surface area contributed by atoms with Crippen LogP contribution in [0.1, 0.15) is 37.0 Å². The summed E-state index contributed by atoms with van der Waals surface area (Å²) in [4.78, 5) is 5.93. The quantitative estimate of drug-likeness (QED) is 0.632. The van der Waals surface area contributed by atoms with Gasteiger partial charge in [0.1, 0.15) is 0 Å². The molecule has 1 heterocycles. The van der Waals surface area contributed by atoms with Crippen molar-refractivity contribution in [2.24, 2.45) is 16.6 Å². The van der Waals surface area contributed by atoms with Gasteiger partial charge in [0.25, 0.3) is 0 Å². The van der Waals surface area contributed by atoms with E-state index in [1.54, 1.807) is 11.3 Å². The van der Waals surface area contributed by atoms with Crippen molar-refractivity contribution in [2.75, 3.05) is 6.54 Å².